The molecule has 2 saturated heterocycles. The maximum absolute atomic E-state index is 12.7. The second-order valence-electron chi connectivity index (χ2n) is 7.98. The van der Waals surface area contributed by atoms with Crippen LogP contribution in [0.15, 0.2) is 30.3 Å². The zero-order valence-electron chi connectivity index (χ0n) is 15.1. The number of imide groups is 1. The van der Waals surface area contributed by atoms with Crippen LogP contribution in [0, 0.1) is 5.41 Å². The first-order valence-electron chi connectivity index (χ1n) is 8.70. The lowest BCUT2D eigenvalue weighted by Crippen LogP contribution is -2.55. The molecular formula is C19H25N3O3. The van der Waals surface area contributed by atoms with Gasteiger partial charge >= 0.3 is 6.03 Å². The fraction of sp³-hybridized carbons (Fsp3) is 0.526. The zero-order chi connectivity index (χ0) is 18.2. The smallest absolute Gasteiger partial charge is 0.327 e. The van der Waals surface area contributed by atoms with Crippen LogP contribution in [0.1, 0.15) is 32.8 Å². The van der Waals surface area contributed by atoms with Crippen molar-refractivity contribution in [1.29, 1.82) is 0 Å². The lowest BCUT2D eigenvalue weighted by Gasteiger charge is -2.36. The number of piperazine rings is 1. The summed E-state index contributed by atoms with van der Waals surface area (Å²) in [6, 6.07) is 8.68. The molecule has 2 aliphatic heterocycles. The fourth-order valence-corrected chi connectivity index (χ4v) is 3.36. The number of benzene rings is 1. The summed E-state index contributed by atoms with van der Waals surface area (Å²) in [6.07, 6.45) is 0.440. The molecule has 0 aliphatic carbocycles. The minimum Gasteiger partial charge on any atom is -0.338 e. The van der Waals surface area contributed by atoms with Crippen LogP contribution in [0.2, 0.25) is 0 Å². The van der Waals surface area contributed by atoms with E-state index in [2.05, 4.69) is 0 Å². The third-order valence-electron chi connectivity index (χ3n) is 4.63. The highest BCUT2D eigenvalue weighted by atomic mass is 16.2. The second kappa shape index (κ2) is 6.50. The molecule has 1 aromatic carbocycles. The van der Waals surface area contributed by atoms with Crippen molar-refractivity contribution in [3.63, 3.8) is 0 Å². The second-order valence-corrected chi connectivity index (χ2v) is 7.98. The molecule has 2 fully saturated rings. The van der Waals surface area contributed by atoms with Crippen LogP contribution in [0.3, 0.4) is 0 Å². The van der Waals surface area contributed by atoms with E-state index in [0.29, 0.717) is 26.1 Å². The van der Waals surface area contributed by atoms with Crippen molar-refractivity contribution < 1.29 is 14.4 Å². The average Bonchev–Trinajstić information content (AvgIpc) is 2.79. The summed E-state index contributed by atoms with van der Waals surface area (Å²) in [4.78, 5) is 42.4. The molecule has 1 unspecified atom stereocenters. The number of carbonyl (C=O) groups excluding carboxylic acids is 3. The van der Waals surface area contributed by atoms with Gasteiger partial charge in [-0.25, -0.2) is 4.79 Å². The van der Waals surface area contributed by atoms with Crippen molar-refractivity contribution in [2.45, 2.75) is 39.8 Å². The summed E-state index contributed by atoms with van der Waals surface area (Å²) in [5.74, 6) is -0.156. The molecule has 0 aromatic heterocycles. The predicted octanol–water partition coefficient (Wildman–Crippen LogP) is 2.10. The molecule has 25 heavy (non-hydrogen) atoms. The van der Waals surface area contributed by atoms with E-state index in [9.17, 15) is 14.4 Å². The SMILES string of the molecule is CC(C)(C)CC(=O)N1CCN2C(=O)N(Cc3ccccc3)C(=O)C2C1. The number of carbonyl (C=O) groups is 3. The monoisotopic (exact) mass is 343 g/mol. The Bertz CT molecular complexity index is 681. The third kappa shape index (κ3) is 3.67. The molecule has 2 aliphatic rings. The maximum atomic E-state index is 12.7. The van der Waals surface area contributed by atoms with Crippen molar-refractivity contribution in [3.8, 4) is 0 Å². The number of amides is 4. The van der Waals surface area contributed by atoms with E-state index in [0.717, 1.165) is 5.56 Å². The first-order valence-corrected chi connectivity index (χ1v) is 8.70. The summed E-state index contributed by atoms with van der Waals surface area (Å²) in [7, 11) is 0. The number of hydrogen-bond acceptors (Lipinski definition) is 3. The Morgan fingerprint density at radius 2 is 1.80 bits per heavy atom. The van der Waals surface area contributed by atoms with Gasteiger partial charge in [0.25, 0.3) is 5.91 Å². The molecule has 134 valence electrons. The Morgan fingerprint density at radius 1 is 1.12 bits per heavy atom. The Hall–Kier alpha value is -2.37. The fourth-order valence-electron chi connectivity index (χ4n) is 3.36. The highest BCUT2D eigenvalue weighted by molar-refractivity contribution is 6.04. The molecule has 1 atom stereocenters. The molecule has 4 amide bonds. The van der Waals surface area contributed by atoms with E-state index in [1.54, 1.807) is 9.80 Å². The number of rotatable bonds is 3. The first kappa shape index (κ1) is 17.5. The van der Waals surface area contributed by atoms with Crippen LogP contribution in [0.25, 0.3) is 0 Å². The van der Waals surface area contributed by atoms with E-state index < -0.39 is 6.04 Å². The van der Waals surface area contributed by atoms with Gasteiger partial charge in [0, 0.05) is 19.5 Å². The van der Waals surface area contributed by atoms with Crippen molar-refractivity contribution in [1.82, 2.24) is 14.7 Å². The van der Waals surface area contributed by atoms with Crippen molar-refractivity contribution in [3.05, 3.63) is 35.9 Å². The normalized spacial score (nSPS) is 20.9. The molecule has 1 aromatic rings. The van der Waals surface area contributed by atoms with E-state index in [1.165, 1.54) is 4.90 Å². The summed E-state index contributed by atoms with van der Waals surface area (Å²) in [6.45, 7) is 7.54. The molecular weight excluding hydrogens is 318 g/mol. The highest BCUT2D eigenvalue weighted by Gasteiger charge is 2.48. The average molecular weight is 343 g/mol. The van der Waals surface area contributed by atoms with Crippen LogP contribution in [-0.4, -0.2) is 58.2 Å². The predicted molar refractivity (Wildman–Crippen MR) is 93.5 cm³/mol. The van der Waals surface area contributed by atoms with E-state index in [1.807, 2.05) is 51.1 Å². The van der Waals surface area contributed by atoms with E-state index >= 15 is 0 Å². The van der Waals surface area contributed by atoms with Gasteiger partial charge in [0.2, 0.25) is 5.91 Å². The largest absolute Gasteiger partial charge is 0.338 e. The molecule has 3 rings (SSSR count). The summed E-state index contributed by atoms with van der Waals surface area (Å²) < 4.78 is 0. The molecule has 0 N–H and O–H groups in total. The van der Waals surface area contributed by atoms with Crippen LogP contribution >= 0.6 is 0 Å². The zero-order valence-corrected chi connectivity index (χ0v) is 15.1. The summed E-state index contributed by atoms with van der Waals surface area (Å²) >= 11 is 0. The molecule has 0 bridgehead atoms. The van der Waals surface area contributed by atoms with E-state index in [-0.39, 0.29) is 29.8 Å². The number of nitrogens with zero attached hydrogens (tertiary/aromatic N) is 3. The first-order chi connectivity index (χ1) is 11.8. The molecule has 6 nitrogen and oxygen atoms in total. The molecule has 0 radical (unpaired) electrons. The Morgan fingerprint density at radius 3 is 2.44 bits per heavy atom. The minimum absolute atomic E-state index is 0.0499. The van der Waals surface area contributed by atoms with Gasteiger partial charge < -0.3 is 9.80 Å². The van der Waals surface area contributed by atoms with Crippen LogP contribution in [-0.2, 0) is 16.1 Å². The summed E-state index contributed by atoms with van der Waals surface area (Å²) in [5, 5.41) is 0. The number of urea groups is 1. The van der Waals surface area contributed by atoms with Gasteiger partial charge in [0.05, 0.1) is 13.1 Å². The topological polar surface area (TPSA) is 60.9 Å². The van der Waals surface area contributed by atoms with Gasteiger partial charge in [0.1, 0.15) is 6.04 Å². The summed E-state index contributed by atoms with van der Waals surface area (Å²) in [5.41, 5.74) is 0.827. The van der Waals surface area contributed by atoms with Gasteiger partial charge in [-0.05, 0) is 11.0 Å². The number of fused-ring (bicyclic) bond motifs is 1. The van der Waals surface area contributed by atoms with Crippen LogP contribution < -0.4 is 0 Å². The van der Waals surface area contributed by atoms with Gasteiger partial charge in [-0.1, -0.05) is 51.1 Å². The minimum atomic E-state index is -0.547. The van der Waals surface area contributed by atoms with Crippen LogP contribution in [0.5, 0.6) is 0 Å². The molecule has 2 heterocycles. The number of hydrogen-bond donors (Lipinski definition) is 0. The van der Waals surface area contributed by atoms with Gasteiger partial charge in [-0.3, -0.25) is 14.5 Å². The quantitative estimate of drug-likeness (QED) is 0.790. The van der Waals surface area contributed by atoms with Gasteiger partial charge in [-0.15, -0.1) is 0 Å². The van der Waals surface area contributed by atoms with Gasteiger partial charge in [0.15, 0.2) is 0 Å². The van der Waals surface area contributed by atoms with E-state index in [4.69, 9.17) is 0 Å². The maximum Gasteiger partial charge on any atom is 0.327 e. The Kier molecular flexibility index (Phi) is 4.54. The van der Waals surface area contributed by atoms with Gasteiger partial charge in [-0.2, -0.15) is 0 Å². The van der Waals surface area contributed by atoms with Crippen molar-refractivity contribution in [2.75, 3.05) is 19.6 Å². The highest BCUT2D eigenvalue weighted by Crippen LogP contribution is 2.26. The standard InChI is InChI=1S/C19H25N3O3/c1-19(2,3)11-16(23)20-9-10-21-15(13-20)17(24)22(18(21)25)12-14-7-5-4-6-8-14/h4-8,15H,9-13H2,1-3H3. The van der Waals surface area contributed by atoms with Crippen molar-refractivity contribution >= 4 is 17.8 Å². The molecule has 0 saturated carbocycles. The van der Waals surface area contributed by atoms with Crippen molar-refractivity contribution in [2.24, 2.45) is 5.41 Å². The Labute approximate surface area is 148 Å². The van der Waals surface area contributed by atoms with Crippen LogP contribution in [0.4, 0.5) is 4.79 Å². The Balaban J connectivity index is 1.70. The lowest BCUT2D eigenvalue weighted by molar-refractivity contribution is -0.137. The third-order valence-corrected chi connectivity index (χ3v) is 4.63. The molecule has 6 heteroatoms. The molecule has 0 spiro atoms. The lowest BCUT2D eigenvalue weighted by atomic mass is 9.91.